The Hall–Kier alpha value is -3.15. The van der Waals surface area contributed by atoms with Gasteiger partial charge >= 0.3 is 0 Å². The molecule has 1 amide bonds. The molecule has 1 aliphatic heterocycles. The minimum atomic E-state index is -0.0150. The molecule has 2 aromatic carbocycles. The molecule has 6 nitrogen and oxygen atoms in total. The first-order valence-corrected chi connectivity index (χ1v) is 8.84. The van der Waals surface area contributed by atoms with Gasteiger partial charge in [0.2, 0.25) is 0 Å². The molecule has 0 spiro atoms. The van der Waals surface area contributed by atoms with Crippen LogP contribution in [0.15, 0.2) is 36.4 Å². The third-order valence-corrected chi connectivity index (χ3v) is 5.11. The molecule has 0 aliphatic carbocycles. The third-order valence-electron chi connectivity index (χ3n) is 5.11. The summed E-state index contributed by atoms with van der Waals surface area (Å²) in [5, 5.41) is 1.11. The van der Waals surface area contributed by atoms with Crippen LogP contribution in [0.5, 0.6) is 17.2 Å². The van der Waals surface area contributed by atoms with E-state index in [2.05, 4.69) is 11.1 Å². The lowest BCUT2D eigenvalue weighted by Gasteiger charge is -2.27. The van der Waals surface area contributed by atoms with Gasteiger partial charge in [-0.25, -0.2) is 0 Å². The van der Waals surface area contributed by atoms with Gasteiger partial charge in [0.05, 0.1) is 26.8 Å². The quantitative estimate of drug-likeness (QED) is 0.769. The number of carbonyl (C=O) groups is 1. The number of fused-ring (bicyclic) bond motifs is 3. The van der Waals surface area contributed by atoms with Crippen molar-refractivity contribution < 1.29 is 19.0 Å². The lowest BCUT2D eigenvalue weighted by molar-refractivity contribution is 0.0734. The fraction of sp³-hybridized carbons (Fsp3) is 0.286. The van der Waals surface area contributed by atoms with E-state index in [4.69, 9.17) is 14.2 Å². The number of ether oxygens (including phenoxy) is 3. The van der Waals surface area contributed by atoms with Gasteiger partial charge in [0.25, 0.3) is 5.91 Å². The van der Waals surface area contributed by atoms with Gasteiger partial charge in [-0.3, -0.25) is 4.79 Å². The smallest absolute Gasteiger partial charge is 0.254 e. The molecule has 0 radical (unpaired) electrons. The zero-order valence-corrected chi connectivity index (χ0v) is 15.7. The number of rotatable bonds is 4. The van der Waals surface area contributed by atoms with Crippen LogP contribution in [0.3, 0.4) is 0 Å². The molecule has 27 heavy (non-hydrogen) atoms. The van der Waals surface area contributed by atoms with E-state index in [1.807, 2.05) is 17.0 Å². The van der Waals surface area contributed by atoms with Gasteiger partial charge in [-0.05, 0) is 24.3 Å². The second-order valence-electron chi connectivity index (χ2n) is 6.51. The summed E-state index contributed by atoms with van der Waals surface area (Å²) in [5.41, 5.74) is 3.91. The van der Waals surface area contributed by atoms with Crippen LogP contribution in [0.1, 0.15) is 21.6 Å². The molecule has 0 bridgehead atoms. The fourth-order valence-electron chi connectivity index (χ4n) is 3.71. The number of amides is 1. The summed E-state index contributed by atoms with van der Waals surface area (Å²) >= 11 is 0. The van der Waals surface area contributed by atoms with Gasteiger partial charge in [-0.1, -0.05) is 12.1 Å². The van der Waals surface area contributed by atoms with Gasteiger partial charge in [0.15, 0.2) is 11.5 Å². The Bertz CT molecular complexity index is 1010. The summed E-state index contributed by atoms with van der Waals surface area (Å²) in [7, 11) is 4.82. The van der Waals surface area contributed by atoms with Crippen LogP contribution >= 0.6 is 0 Å². The zero-order valence-electron chi connectivity index (χ0n) is 15.7. The first-order valence-electron chi connectivity index (χ1n) is 8.84. The van der Waals surface area contributed by atoms with Crippen molar-refractivity contribution in [2.24, 2.45) is 0 Å². The number of hydrogen-bond acceptors (Lipinski definition) is 4. The third kappa shape index (κ3) is 2.87. The van der Waals surface area contributed by atoms with E-state index in [-0.39, 0.29) is 5.91 Å². The van der Waals surface area contributed by atoms with Crippen molar-refractivity contribution in [3.63, 3.8) is 0 Å². The molecule has 140 valence electrons. The Labute approximate surface area is 157 Å². The molecule has 0 fully saturated rings. The van der Waals surface area contributed by atoms with Crippen LogP contribution in [0.4, 0.5) is 0 Å². The summed E-state index contributed by atoms with van der Waals surface area (Å²) in [6.45, 7) is 1.23. The number of methoxy groups -OCH3 is 3. The van der Waals surface area contributed by atoms with Crippen molar-refractivity contribution >= 4 is 16.8 Å². The minimum Gasteiger partial charge on any atom is -0.495 e. The average molecular weight is 366 g/mol. The van der Waals surface area contributed by atoms with Gasteiger partial charge in [-0.2, -0.15) is 0 Å². The van der Waals surface area contributed by atoms with E-state index < -0.39 is 0 Å². The van der Waals surface area contributed by atoms with E-state index in [0.717, 1.165) is 28.6 Å². The van der Waals surface area contributed by atoms with Crippen LogP contribution in [-0.4, -0.2) is 43.7 Å². The highest BCUT2D eigenvalue weighted by atomic mass is 16.5. The van der Waals surface area contributed by atoms with Crippen molar-refractivity contribution in [1.29, 1.82) is 0 Å². The molecular formula is C21H22N2O4. The molecule has 2 heterocycles. The van der Waals surface area contributed by atoms with Crippen molar-refractivity contribution in [3.8, 4) is 17.2 Å². The Morgan fingerprint density at radius 3 is 2.52 bits per heavy atom. The molecule has 4 rings (SSSR count). The first-order chi connectivity index (χ1) is 13.2. The van der Waals surface area contributed by atoms with Gasteiger partial charge < -0.3 is 24.1 Å². The second kappa shape index (κ2) is 6.87. The SMILES string of the molecule is COc1ccc(C(=O)N2CCc3[nH]c4c(OC)cccc4c3C2)cc1OC. The monoisotopic (exact) mass is 366 g/mol. The number of nitrogens with one attached hydrogen (secondary N) is 1. The molecule has 1 N–H and O–H groups in total. The topological polar surface area (TPSA) is 63.8 Å². The van der Waals surface area contributed by atoms with Crippen molar-refractivity contribution in [2.45, 2.75) is 13.0 Å². The highest BCUT2D eigenvalue weighted by molar-refractivity contribution is 5.96. The fourth-order valence-corrected chi connectivity index (χ4v) is 3.71. The van der Waals surface area contributed by atoms with E-state index in [0.29, 0.717) is 30.2 Å². The number of aromatic nitrogens is 1. The lowest BCUT2D eigenvalue weighted by Crippen LogP contribution is -2.35. The average Bonchev–Trinajstić information content (AvgIpc) is 3.10. The molecule has 3 aromatic rings. The highest BCUT2D eigenvalue weighted by Gasteiger charge is 2.26. The predicted octanol–water partition coefficient (Wildman–Crippen LogP) is 3.39. The molecule has 0 atom stereocenters. The Balaban J connectivity index is 1.65. The molecule has 6 heteroatoms. The Morgan fingerprint density at radius 2 is 1.78 bits per heavy atom. The highest BCUT2D eigenvalue weighted by Crippen LogP contribution is 2.34. The molecule has 1 aromatic heterocycles. The Kier molecular flexibility index (Phi) is 4.39. The number of carbonyl (C=O) groups excluding carboxylic acids is 1. The summed E-state index contributed by atoms with van der Waals surface area (Å²) < 4.78 is 16.0. The maximum atomic E-state index is 13.1. The maximum Gasteiger partial charge on any atom is 0.254 e. The number of hydrogen-bond donors (Lipinski definition) is 1. The summed E-state index contributed by atoms with van der Waals surface area (Å²) in [5.74, 6) is 1.97. The second-order valence-corrected chi connectivity index (χ2v) is 6.51. The van der Waals surface area contributed by atoms with Gasteiger partial charge in [-0.15, -0.1) is 0 Å². The van der Waals surface area contributed by atoms with E-state index in [1.54, 1.807) is 39.5 Å². The number of nitrogens with zero attached hydrogens (tertiary/aromatic N) is 1. The number of benzene rings is 2. The molecule has 0 saturated carbocycles. The molecular weight excluding hydrogens is 344 g/mol. The van der Waals surface area contributed by atoms with E-state index in [9.17, 15) is 4.79 Å². The minimum absolute atomic E-state index is 0.0150. The zero-order chi connectivity index (χ0) is 19.0. The number of para-hydroxylation sites is 1. The van der Waals surface area contributed by atoms with Crippen LogP contribution in [0.25, 0.3) is 10.9 Å². The van der Waals surface area contributed by atoms with E-state index >= 15 is 0 Å². The summed E-state index contributed by atoms with van der Waals surface area (Å²) in [6.07, 6.45) is 0.784. The maximum absolute atomic E-state index is 13.1. The van der Waals surface area contributed by atoms with Crippen LogP contribution in [0.2, 0.25) is 0 Å². The Morgan fingerprint density at radius 1 is 1.00 bits per heavy atom. The summed E-state index contributed by atoms with van der Waals surface area (Å²) in [6, 6.07) is 11.3. The lowest BCUT2D eigenvalue weighted by atomic mass is 10.0. The summed E-state index contributed by atoms with van der Waals surface area (Å²) in [4.78, 5) is 18.4. The largest absolute Gasteiger partial charge is 0.495 e. The van der Waals surface area contributed by atoms with Gasteiger partial charge in [0.1, 0.15) is 5.75 Å². The normalized spacial score (nSPS) is 13.4. The van der Waals surface area contributed by atoms with Crippen molar-refractivity contribution in [2.75, 3.05) is 27.9 Å². The van der Waals surface area contributed by atoms with Gasteiger partial charge in [0, 0.05) is 41.7 Å². The van der Waals surface area contributed by atoms with Crippen LogP contribution in [-0.2, 0) is 13.0 Å². The van der Waals surface area contributed by atoms with Crippen molar-refractivity contribution in [3.05, 3.63) is 53.2 Å². The number of H-pyrrole nitrogens is 1. The first kappa shape index (κ1) is 17.3. The van der Waals surface area contributed by atoms with Crippen LogP contribution in [0, 0.1) is 0 Å². The molecule has 0 saturated heterocycles. The van der Waals surface area contributed by atoms with E-state index in [1.165, 1.54) is 5.69 Å². The van der Waals surface area contributed by atoms with Crippen LogP contribution < -0.4 is 14.2 Å². The molecule has 1 aliphatic rings. The standard InChI is InChI=1S/C21H22N2O4/c1-25-17-8-7-13(11-19(17)27-3)21(24)23-10-9-16-15(12-23)14-5-4-6-18(26-2)20(14)22-16/h4-8,11,22H,9-10,12H2,1-3H3. The number of aromatic amines is 1. The molecule has 0 unspecified atom stereocenters. The van der Waals surface area contributed by atoms with Crippen molar-refractivity contribution in [1.82, 2.24) is 9.88 Å². The predicted molar refractivity (Wildman–Crippen MR) is 103 cm³/mol.